The van der Waals surface area contributed by atoms with Crippen LogP contribution in [0.1, 0.15) is 31.2 Å². The first kappa shape index (κ1) is 19.7. The van der Waals surface area contributed by atoms with E-state index in [1.807, 2.05) is 44.2 Å². The molecule has 29 heavy (non-hydrogen) atoms. The number of rotatable bonds is 3. The highest BCUT2D eigenvalue weighted by molar-refractivity contribution is 7.99. The Bertz CT molecular complexity index is 1070. The van der Waals surface area contributed by atoms with Gasteiger partial charge in [0.2, 0.25) is 23.2 Å². The molecule has 1 atom stereocenters. The molecule has 0 bridgehead atoms. The van der Waals surface area contributed by atoms with Gasteiger partial charge in [-0.2, -0.15) is 4.98 Å². The molecule has 2 heterocycles. The first-order valence-electron chi connectivity index (χ1n) is 9.18. The molecule has 0 radical (unpaired) electrons. The lowest BCUT2D eigenvalue weighted by molar-refractivity contribution is -0.118. The van der Waals surface area contributed by atoms with E-state index in [2.05, 4.69) is 15.2 Å². The van der Waals surface area contributed by atoms with Crippen molar-refractivity contribution in [3.8, 4) is 17.1 Å². The predicted octanol–water partition coefficient (Wildman–Crippen LogP) is 5.06. The third kappa shape index (κ3) is 3.80. The first-order valence-corrected chi connectivity index (χ1v) is 10.5. The van der Waals surface area contributed by atoms with E-state index >= 15 is 0 Å². The second kappa shape index (κ2) is 8.00. The van der Waals surface area contributed by atoms with Crippen LogP contribution in [-0.2, 0) is 4.79 Å². The average molecular weight is 427 g/mol. The number of anilines is 1. The third-order valence-corrected chi connectivity index (χ3v) is 5.50. The molecule has 0 spiro atoms. The minimum Gasteiger partial charge on any atom is -0.447 e. The molecule has 148 valence electrons. The van der Waals surface area contributed by atoms with E-state index in [4.69, 9.17) is 16.3 Å². The lowest BCUT2D eigenvalue weighted by Gasteiger charge is -2.30. The van der Waals surface area contributed by atoms with E-state index < -0.39 is 6.23 Å². The number of halogens is 1. The average Bonchev–Trinajstić information content (AvgIpc) is 2.83. The summed E-state index contributed by atoms with van der Waals surface area (Å²) in [7, 11) is 0. The molecule has 0 N–H and O–H groups in total. The quantitative estimate of drug-likeness (QED) is 0.545. The Morgan fingerprint density at radius 1 is 1.21 bits per heavy atom. The number of carbonyl (C=O) groups excluding carboxylic acids is 1. The van der Waals surface area contributed by atoms with Crippen LogP contribution in [-0.4, -0.2) is 26.8 Å². The fraction of sp³-hybridized carbons (Fsp3) is 0.238. The van der Waals surface area contributed by atoms with Crippen molar-refractivity contribution in [3.05, 3.63) is 58.6 Å². The Morgan fingerprint density at radius 2 is 1.97 bits per heavy atom. The van der Waals surface area contributed by atoms with Crippen LogP contribution in [0.15, 0.2) is 47.6 Å². The maximum atomic E-state index is 12.7. The summed E-state index contributed by atoms with van der Waals surface area (Å²) in [5.74, 6) is 1.02. The summed E-state index contributed by atoms with van der Waals surface area (Å²) in [6.45, 7) is 5.53. The molecule has 0 unspecified atom stereocenters. The maximum Gasteiger partial charge on any atom is 0.247 e. The summed E-state index contributed by atoms with van der Waals surface area (Å²) in [5.41, 5.74) is 3.81. The van der Waals surface area contributed by atoms with Gasteiger partial charge in [-0.05, 0) is 36.9 Å². The second-order valence-corrected chi connectivity index (χ2v) is 8.28. The smallest absolute Gasteiger partial charge is 0.247 e. The zero-order valence-corrected chi connectivity index (χ0v) is 17.8. The van der Waals surface area contributed by atoms with Crippen molar-refractivity contribution < 1.29 is 9.53 Å². The molecule has 2 aromatic carbocycles. The van der Waals surface area contributed by atoms with Gasteiger partial charge in [-0.15, -0.1) is 10.2 Å². The SMILES string of the molecule is CCSc1nnc2c(n1)O[C@H](c1ccc(Cl)cc1)N(C(C)=O)c1ccc(C)cc1-2. The Hall–Kier alpha value is -2.64. The largest absolute Gasteiger partial charge is 0.447 e. The standard InChI is InChI=1S/C21H19ClN4O2S/c1-4-29-21-23-19-18(24-25-21)16-11-12(2)5-10-17(16)26(13(3)27)20(28-19)14-6-8-15(22)9-7-14/h5-11,20H,4H2,1-3H3/t20-/m1/s1. The van der Waals surface area contributed by atoms with Gasteiger partial charge in [-0.1, -0.05) is 54.0 Å². The van der Waals surface area contributed by atoms with E-state index in [1.165, 1.54) is 18.7 Å². The molecule has 1 aromatic heterocycles. The summed E-state index contributed by atoms with van der Waals surface area (Å²) < 4.78 is 6.30. The number of ether oxygens (including phenoxy) is 1. The number of hydrogen-bond donors (Lipinski definition) is 0. The highest BCUT2D eigenvalue weighted by Crippen LogP contribution is 2.43. The monoisotopic (exact) mass is 426 g/mol. The summed E-state index contributed by atoms with van der Waals surface area (Å²) >= 11 is 7.54. The van der Waals surface area contributed by atoms with Crippen LogP contribution in [0.25, 0.3) is 11.3 Å². The van der Waals surface area contributed by atoms with Crippen LogP contribution in [0.5, 0.6) is 5.88 Å². The van der Waals surface area contributed by atoms with Gasteiger partial charge < -0.3 is 4.74 Å². The molecule has 3 aromatic rings. The van der Waals surface area contributed by atoms with Crippen molar-refractivity contribution in [2.24, 2.45) is 0 Å². The van der Waals surface area contributed by atoms with E-state index in [0.717, 1.165) is 22.4 Å². The van der Waals surface area contributed by atoms with E-state index in [9.17, 15) is 4.79 Å². The van der Waals surface area contributed by atoms with Crippen LogP contribution in [0.2, 0.25) is 5.02 Å². The second-order valence-electron chi connectivity index (χ2n) is 6.61. The first-order chi connectivity index (χ1) is 14.0. The maximum absolute atomic E-state index is 12.7. The molecule has 6 nitrogen and oxygen atoms in total. The highest BCUT2D eigenvalue weighted by atomic mass is 35.5. The van der Waals surface area contributed by atoms with Crippen molar-refractivity contribution in [1.29, 1.82) is 0 Å². The molecular formula is C21H19ClN4O2S. The van der Waals surface area contributed by atoms with Crippen molar-refractivity contribution in [1.82, 2.24) is 15.2 Å². The number of amides is 1. The van der Waals surface area contributed by atoms with Gasteiger partial charge in [0.15, 0.2) is 5.69 Å². The third-order valence-electron chi connectivity index (χ3n) is 4.53. The Morgan fingerprint density at radius 3 is 2.66 bits per heavy atom. The zero-order valence-electron chi connectivity index (χ0n) is 16.2. The van der Waals surface area contributed by atoms with E-state index in [0.29, 0.717) is 27.4 Å². The molecule has 1 aliphatic heterocycles. The van der Waals surface area contributed by atoms with Gasteiger partial charge in [0.1, 0.15) is 0 Å². The van der Waals surface area contributed by atoms with E-state index in [1.54, 1.807) is 17.0 Å². The van der Waals surface area contributed by atoms with Crippen molar-refractivity contribution in [2.75, 3.05) is 10.7 Å². The Balaban J connectivity index is 1.96. The molecule has 0 aliphatic carbocycles. The number of carbonyl (C=O) groups is 1. The summed E-state index contributed by atoms with van der Waals surface area (Å²) in [6.07, 6.45) is -0.705. The predicted molar refractivity (Wildman–Crippen MR) is 114 cm³/mol. The number of hydrogen-bond acceptors (Lipinski definition) is 6. The molecule has 0 fully saturated rings. The number of thioether (sulfide) groups is 1. The van der Waals surface area contributed by atoms with Gasteiger partial charge in [0, 0.05) is 23.1 Å². The number of aryl methyl sites for hydroxylation is 1. The summed E-state index contributed by atoms with van der Waals surface area (Å²) in [4.78, 5) is 18.9. The van der Waals surface area contributed by atoms with Crippen LogP contribution in [0.4, 0.5) is 5.69 Å². The van der Waals surface area contributed by atoms with E-state index in [-0.39, 0.29) is 5.91 Å². The van der Waals surface area contributed by atoms with Gasteiger partial charge in [-0.3, -0.25) is 9.69 Å². The van der Waals surface area contributed by atoms with Gasteiger partial charge in [0.25, 0.3) is 0 Å². The van der Waals surface area contributed by atoms with Crippen molar-refractivity contribution in [3.63, 3.8) is 0 Å². The van der Waals surface area contributed by atoms with Crippen LogP contribution in [0, 0.1) is 6.92 Å². The van der Waals surface area contributed by atoms with Gasteiger partial charge >= 0.3 is 0 Å². The van der Waals surface area contributed by atoms with Crippen molar-refractivity contribution in [2.45, 2.75) is 32.2 Å². The lowest BCUT2D eigenvalue weighted by atomic mass is 10.0. The van der Waals surface area contributed by atoms with Crippen LogP contribution < -0.4 is 9.64 Å². The minimum absolute atomic E-state index is 0.154. The fourth-order valence-corrected chi connectivity index (χ4v) is 3.88. The highest BCUT2D eigenvalue weighted by Gasteiger charge is 2.34. The Labute approximate surface area is 178 Å². The van der Waals surface area contributed by atoms with Gasteiger partial charge in [0.05, 0.1) is 5.69 Å². The van der Waals surface area contributed by atoms with Crippen LogP contribution >= 0.6 is 23.4 Å². The minimum atomic E-state index is -0.705. The number of aromatic nitrogens is 3. The normalized spacial score (nSPS) is 15.2. The molecule has 1 amide bonds. The number of benzene rings is 2. The number of fused-ring (bicyclic) bond motifs is 3. The summed E-state index contributed by atoms with van der Waals surface area (Å²) in [6, 6.07) is 13.1. The molecule has 8 heteroatoms. The topological polar surface area (TPSA) is 68.2 Å². The van der Waals surface area contributed by atoms with Gasteiger partial charge in [-0.25, -0.2) is 0 Å². The summed E-state index contributed by atoms with van der Waals surface area (Å²) in [5, 5.41) is 9.77. The molecule has 1 aliphatic rings. The molecule has 0 saturated carbocycles. The fourth-order valence-electron chi connectivity index (χ4n) is 3.25. The van der Waals surface area contributed by atoms with Crippen LogP contribution in [0.3, 0.4) is 0 Å². The van der Waals surface area contributed by atoms with Crippen molar-refractivity contribution >= 4 is 35.0 Å². The molecule has 0 saturated heterocycles. The lowest BCUT2D eigenvalue weighted by Crippen LogP contribution is -2.36. The zero-order chi connectivity index (χ0) is 20.5. The molecular weight excluding hydrogens is 408 g/mol. The number of nitrogens with zero attached hydrogens (tertiary/aromatic N) is 4. The Kier molecular flexibility index (Phi) is 5.43. The molecule has 4 rings (SSSR count).